The molecule has 0 aliphatic heterocycles. The van der Waals surface area contributed by atoms with Gasteiger partial charge in [-0.25, -0.2) is 0 Å². The normalized spacial score (nSPS) is 10.8. The van der Waals surface area contributed by atoms with Gasteiger partial charge in [-0.3, -0.25) is 0 Å². The fraction of sp³-hybridized carbons (Fsp3) is 0.0526. The molecule has 0 N–H and O–H groups in total. The first kappa shape index (κ1) is 14.4. The van der Waals surface area contributed by atoms with Crippen molar-refractivity contribution in [2.45, 2.75) is 4.90 Å². The van der Waals surface area contributed by atoms with E-state index in [1.807, 2.05) is 11.8 Å². The minimum Gasteiger partial charge on any atom is -0.129 e. The highest BCUT2D eigenvalue weighted by Crippen LogP contribution is 2.35. The van der Waals surface area contributed by atoms with E-state index < -0.39 is 7.92 Å². The number of thioether (sulfide) groups is 1. The fourth-order valence-electron chi connectivity index (χ4n) is 2.40. The second-order valence-electron chi connectivity index (χ2n) is 4.68. The molecule has 2 heteroatoms. The van der Waals surface area contributed by atoms with Crippen molar-refractivity contribution in [2.24, 2.45) is 0 Å². The standard InChI is InChI=1S/C19H17PS/c1-21-19-15-9-8-14-18(19)20(16-10-4-2-5-11-16)17-12-6-3-7-13-17/h2-15H,1H3. The van der Waals surface area contributed by atoms with Crippen LogP contribution in [0.1, 0.15) is 0 Å². The maximum absolute atomic E-state index is 2.28. The van der Waals surface area contributed by atoms with Gasteiger partial charge in [0, 0.05) is 4.90 Å². The average Bonchev–Trinajstić information content (AvgIpc) is 2.58. The third kappa shape index (κ3) is 3.20. The minimum atomic E-state index is -0.493. The predicted molar refractivity (Wildman–Crippen MR) is 96.9 cm³/mol. The zero-order chi connectivity index (χ0) is 14.5. The van der Waals surface area contributed by atoms with Gasteiger partial charge < -0.3 is 0 Å². The Morgan fingerprint density at radius 1 is 0.619 bits per heavy atom. The van der Waals surface area contributed by atoms with Crippen LogP contribution in [-0.2, 0) is 0 Å². The number of benzene rings is 3. The molecule has 0 bridgehead atoms. The number of hydrogen-bond acceptors (Lipinski definition) is 1. The molecule has 21 heavy (non-hydrogen) atoms. The van der Waals surface area contributed by atoms with Gasteiger partial charge in [-0.1, -0.05) is 78.9 Å². The summed E-state index contributed by atoms with van der Waals surface area (Å²) in [5, 5.41) is 4.25. The van der Waals surface area contributed by atoms with E-state index in [2.05, 4.69) is 91.2 Å². The summed E-state index contributed by atoms with van der Waals surface area (Å²) in [6.07, 6.45) is 2.16. The van der Waals surface area contributed by atoms with Crippen molar-refractivity contribution >= 4 is 35.6 Å². The van der Waals surface area contributed by atoms with Crippen molar-refractivity contribution in [1.82, 2.24) is 0 Å². The molecule has 104 valence electrons. The maximum Gasteiger partial charge on any atom is 0.0153 e. The second kappa shape index (κ2) is 6.93. The molecule has 0 amide bonds. The van der Waals surface area contributed by atoms with E-state index in [1.165, 1.54) is 20.8 Å². The van der Waals surface area contributed by atoms with Crippen molar-refractivity contribution in [2.75, 3.05) is 6.26 Å². The summed E-state index contributed by atoms with van der Waals surface area (Å²) < 4.78 is 0. The first-order chi connectivity index (χ1) is 10.4. The van der Waals surface area contributed by atoms with Crippen molar-refractivity contribution < 1.29 is 0 Å². The summed E-state index contributed by atoms with van der Waals surface area (Å²) in [6, 6.07) is 30.5. The fourth-order valence-corrected chi connectivity index (χ4v) is 5.76. The summed E-state index contributed by atoms with van der Waals surface area (Å²) in [5.41, 5.74) is 0. The highest BCUT2D eigenvalue weighted by molar-refractivity contribution is 7.99. The molecule has 0 fully saturated rings. The number of rotatable bonds is 4. The smallest absolute Gasteiger partial charge is 0.0153 e. The van der Waals surface area contributed by atoms with Crippen LogP contribution in [0.5, 0.6) is 0 Å². The van der Waals surface area contributed by atoms with Crippen LogP contribution in [0.4, 0.5) is 0 Å². The molecule has 0 heterocycles. The van der Waals surface area contributed by atoms with Gasteiger partial charge in [0.25, 0.3) is 0 Å². The lowest BCUT2D eigenvalue weighted by atomic mass is 10.3. The zero-order valence-electron chi connectivity index (χ0n) is 11.9. The topological polar surface area (TPSA) is 0 Å². The summed E-state index contributed by atoms with van der Waals surface area (Å²) >= 11 is 1.83. The Labute approximate surface area is 132 Å². The van der Waals surface area contributed by atoms with Crippen LogP contribution in [0.3, 0.4) is 0 Å². The number of hydrogen-bond donors (Lipinski definition) is 0. The lowest BCUT2D eigenvalue weighted by Crippen LogP contribution is -2.21. The summed E-state index contributed by atoms with van der Waals surface area (Å²) in [7, 11) is -0.493. The molecule has 0 aliphatic carbocycles. The van der Waals surface area contributed by atoms with Crippen LogP contribution < -0.4 is 15.9 Å². The lowest BCUT2D eigenvalue weighted by Gasteiger charge is -2.21. The molecule has 0 aliphatic rings. The Hall–Kier alpha value is -1.56. The molecule has 0 radical (unpaired) electrons. The zero-order valence-corrected chi connectivity index (χ0v) is 13.6. The molecular formula is C19H17PS. The van der Waals surface area contributed by atoms with Crippen molar-refractivity contribution in [1.29, 1.82) is 0 Å². The van der Waals surface area contributed by atoms with Gasteiger partial charge in [0.1, 0.15) is 0 Å². The lowest BCUT2D eigenvalue weighted by molar-refractivity contribution is 1.53. The van der Waals surface area contributed by atoms with Crippen LogP contribution in [0.15, 0.2) is 89.8 Å². The van der Waals surface area contributed by atoms with Gasteiger partial charge in [-0.2, -0.15) is 0 Å². The largest absolute Gasteiger partial charge is 0.129 e. The van der Waals surface area contributed by atoms with E-state index >= 15 is 0 Å². The molecular weight excluding hydrogens is 291 g/mol. The van der Waals surface area contributed by atoms with E-state index in [9.17, 15) is 0 Å². The van der Waals surface area contributed by atoms with Crippen LogP contribution in [0, 0.1) is 0 Å². The molecule has 0 saturated carbocycles. The average molecular weight is 308 g/mol. The minimum absolute atomic E-state index is 0.493. The molecule has 0 nitrogen and oxygen atoms in total. The Kier molecular flexibility index (Phi) is 4.75. The Bertz CT molecular complexity index is 656. The van der Waals surface area contributed by atoms with Gasteiger partial charge in [0.15, 0.2) is 0 Å². The third-order valence-corrected chi connectivity index (χ3v) is 6.80. The Morgan fingerprint density at radius 3 is 1.62 bits per heavy atom. The first-order valence-electron chi connectivity index (χ1n) is 6.93. The van der Waals surface area contributed by atoms with Gasteiger partial charge >= 0.3 is 0 Å². The Balaban J connectivity index is 2.17. The summed E-state index contributed by atoms with van der Waals surface area (Å²) in [4.78, 5) is 1.37. The first-order valence-corrected chi connectivity index (χ1v) is 9.50. The van der Waals surface area contributed by atoms with Crippen molar-refractivity contribution in [3.05, 3.63) is 84.9 Å². The summed E-state index contributed by atoms with van der Waals surface area (Å²) in [5.74, 6) is 0. The predicted octanol–water partition coefficient (Wildman–Crippen LogP) is 4.17. The van der Waals surface area contributed by atoms with E-state index in [4.69, 9.17) is 0 Å². The molecule has 0 saturated heterocycles. The van der Waals surface area contributed by atoms with Gasteiger partial charge in [0.2, 0.25) is 0 Å². The molecule has 3 aromatic rings. The molecule has 0 aromatic heterocycles. The van der Waals surface area contributed by atoms with Crippen LogP contribution in [0.2, 0.25) is 0 Å². The van der Waals surface area contributed by atoms with E-state index in [1.54, 1.807) is 0 Å². The van der Waals surface area contributed by atoms with E-state index in [0.717, 1.165) is 0 Å². The van der Waals surface area contributed by atoms with Gasteiger partial charge in [0.05, 0.1) is 0 Å². The van der Waals surface area contributed by atoms with Crippen molar-refractivity contribution in [3.63, 3.8) is 0 Å². The van der Waals surface area contributed by atoms with Crippen molar-refractivity contribution in [3.8, 4) is 0 Å². The van der Waals surface area contributed by atoms with E-state index in [0.29, 0.717) is 0 Å². The molecule has 0 spiro atoms. The molecule has 3 aromatic carbocycles. The van der Waals surface area contributed by atoms with Gasteiger partial charge in [-0.15, -0.1) is 11.8 Å². The van der Waals surface area contributed by atoms with Gasteiger partial charge in [-0.05, 0) is 36.2 Å². The second-order valence-corrected chi connectivity index (χ2v) is 7.71. The van der Waals surface area contributed by atoms with Crippen LogP contribution >= 0.6 is 19.7 Å². The van der Waals surface area contributed by atoms with Crippen LogP contribution in [-0.4, -0.2) is 6.26 Å². The van der Waals surface area contributed by atoms with E-state index in [-0.39, 0.29) is 0 Å². The van der Waals surface area contributed by atoms with Crippen LogP contribution in [0.25, 0.3) is 0 Å². The summed E-state index contributed by atoms with van der Waals surface area (Å²) in [6.45, 7) is 0. The highest BCUT2D eigenvalue weighted by Gasteiger charge is 2.18. The quantitative estimate of drug-likeness (QED) is 0.515. The monoisotopic (exact) mass is 308 g/mol. The molecule has 0 unspecified atom stereocenters. The molecule has 0 atom stereocenters. The third-order valence-electron chi connectivity index (χ3n) is 3.35. The maximum atomic E-state index is 2.28. The Morgan fingerprint density at radius 2 is 1.10 bits per heavy atom. The highest BCUT2D eigenvalue weighted by atomic mass is 32.2. The SMILES string of the molecule is CSc1ccccc1P(c1ccccc1)c1ccccc1. The molecule has 3 rings (SSSR count).